The minimum Gasteiger partial charge on any atom is -0.385 e. The van der Waals surface area contributed by atoms with Crippen LogP contribution in [0.5, 0.6) is 0 Å². The zero-order valence-electron chi connectivity index (χ0n) is 12.7. The second-order valence-electron chi connectivity index (χ2n) is 4.95. The molecule has 0 aliphatic carbocycles. The quantitative estimate of drug-likeness (QED) is 0.317. The van der Waals surface area contributed by atoms with E-state index < -0.39 is 0 Å². The van der Waals surface area contributed by atoms with Crippen molar-refractivity contribution in [2.75, 3.05) is 11.9 Å². The summed E-state index contributed by atoms with van der Waals surface area (Å²) in [5, 5.41) is 10.8. The van der Waals surface area contributed by atoms with Crippen LogP contribution in [0, 0.1) is 0 Å². The van der Waals surface area contributed by atoms with Crippen molar-refractivity contribution in [3.8, 4) is 5.69 Å². The molecule has 2 aromatic rings. The third-order valence-corrected chi connectivity index (χ3v) is 3.10. The van der Waals surface area contributed by atoms with Gasteiger partial charge in [-0.25, -0.2) is 0 Å². The summed E-state index contributed by atoms with van der Waals surface area (Å²) in [6.07, 6.45) is 7.90. The summed E-state index contributed by atoms with van der Waals surface area (Å²) in [5.41, 5.74) is 13.6. The van der Waals surface area contributed by atoms with Crippen LogP contribution in [-0.4, -0.2) is 23.3 Å². The maximum atomic E-state index is 5.22. The number of hydrogen-bond acceptors (Lipinski definition) is 3. The van der Waals surface area contributed by atoms with E-state index in [1.54, 1.807) is 6.21 Å². The molecule has 0 radical (unpaired) electrons. The van der Waals surface area contributed by atoms with E-state index in [0.29, 0.717) is 0 Å². The maximum absolute atomic E-state index is 5.22. The van der Waals surface area contributed by atoms with Crippen molar-refractivity contribution in [1.82, 2.24) is 4.57 Å². The van der Waals surface area contributed by atoms with E-state index >= 15 is 0 Å². The van der Waals surface area contributed by atoms with Gasteiger partial charge in [-0.1, -0.05) is 19.4 Å². The van der Waals surface area contributed by atoms with E-state index in [-0.39, 0.29) is 5.96 Å². The SMILES string of the molecule is CCCCNc1cccc(-n2ccc(C=NN=C(N)N)c2)c1. The number of aromatic nitrogens is 1. The third-order valence-electron chi connectivity index (χ3n) is 3.10. The van der Waals surface area contributed by atoms with Crippen molar-refractivity contribution >= 4 is 17.9 Å². The van der Waals surface area contributed by atoms with Crippen LogP contribution < -0.4 is 16.8 Å². The summed E-state index contributed by atoms with van der Waals surface area (Å²) in [4.78, 5) is 0. The van der Waals surface area contributed by atoms with Crippen LogP contribution in [0.3, 0.4) is 0 Å². The highest BCUT2D eigenvalue weighted by atomic mass is 15.3. The van der Waals surface area contributed by atoms with Crippen LogP contribution >= 0.6 is 0 Å². The first-order valence-electron chi connectivity index (χ1n) is 7.33. The van der Waals surface area contributed by atoms with Crippen molar-refractivity contribution in [1.29, 1.82) is 0 Å². The van der Waals surface area contributed by atoms with Crippen molar-refractivity contribution in [2.24, 2.45) is 21.7 Å². The first-order valence-corrected chi connectivity index (χ1v) is 7.33. The summed E-state index contributed by atoms with van der Waals surface area (Å²) in [5.74, 6) is -0.0541. The molecule has 0 atom stereocenters. The highest BCUT2D eigenvalue weighted by Crippen LogP contribution is 2.16. The number of nitrogens with zero attached hydrogens (tertiary/aromatic N) is 3. The van der Waals surface area contributed by atoms with E-state index in [1.165, 1.54) is 12.8 Å². The highest BCUT2D eigenvalue weighted by molar-refractivity contribution is 5.81. The minimum absolute atomic E-state index is 0.0541. The molecular weight excluding hydrogens is 276 g/mol. The van der Waals surface area contributed by atoms with E-state index in [9.17, 15) is 0 Å². The average Bonchev–Trinajstić information content (AvgIpc) is 2.96. The van der Waals surface area contributed by atoms with Gasteiger partial charge in [-0.2, -0.15) is 5.10 Å². The molecule has 5 N–H and O–H groups in total. The Bertz CT molecular complexity index is 652. The van der Waals surface area contributed by atoms with E-state index in [0.717, 1.165) is 23.5 Å². The fourth-order valence-electron chi connectivity index (χ4n) is 2.00. The zero-order valence-corrected chi connectivity index (χ0v) is 12.7. The van der Waals surface area contributed by atoms with Gasteiger partial charge in [-0.05, 0) is 30.7 Å². The number of guanidine groups is 1. The Balaban J connectivity index is 2.08. The predicted molar refractivity (Wildman–Crippen MR) is 92.6 cm³/mol. The van der Waals surface area contributed by atoms with Gasteiger partial charge < -0.3 is 21.4 Å². The van der Waals surface area contributed by atoms with Crippen LogP contribution in [0.2, 0.25) is 0 Å². The lowest BCUT2D eigenvalue weighted by Crippen LogP contribution is -2.21. The second kappa shape index (κ2) is 7.87. The van der Waals surface area contributed by atoms with Crippen molar-refractivity contribution in [2.45, 2.75) is 19.8 Å². The fourth-order valence-corrected chi connectivity index (χ4v) is 2.00. The van der Waals surface area contributed by atoms with Crippen LogP contribution in [0.25, 0.3) is 5.69 Å². The molecule has 6 nitrogen and oxygen atoms in total. The molecule has 6 heteroatoms. The van der Waals surface area contributed by atoms with Gasteiger partial charge in [-0.15, -0.1) is 5.10 Å². The van der Waals surface area contributed by atoms with E-state index in [4.69, 9.17) is 11.5 Å². The Morgan fingerprint density at radius 1 is 1.32 bits per heavy atom. The van der Waals surface area contributed by atoms with Gasteiger partial charge in [0.15, 0.2) is 0 Å². The molecular formula is C16H22N6. The fraction of sp³-hybridized carbons (Fsp3) is 0.250. The Morgan fingerprint density at radius 2 is 2.18 bits per heavy atom. The normalized spacial score (nSPS) is 10.8. The molecule has 0 bridgehead atoms. The van der Waals surface area contributed by atoms with Gasteiger partial charge in [0.25, 0.3) is 0 Å². The smallest absolute Gasteiger partial charge is 0.211 e. The molecule has 0 saturated heterocycles. The van der Waals surface area contributed by atoms with Gasteiger partial charge >= 0.3 is 0 Å². The predicted octanol–water partition coefficient (Wildman–Crippen LogP) is 2.30. The summed E-state index contributed by atoms with van der Waals surface area (Å²) in [6, 6.07) is 10.2. The minimum atomic E-state index is -0.0541. The lowest BCUT2D eigenvalue weighted by Gasteiger charge is -2.08. The number of unbranched alkanes of at least 4 members (excludes halogenated alkanes) is 1. The molecule has 0 unspecified atom stereocenters. The number of anilines is 1. The van der Waals surface area contributed by atoms with Gasteiger partial charge in [0.1, 0.15) is 0 Å². The molecule has 116 valence electrons. The molecule has 0 aliphatic heterocycles. The lowest BCUT2D eigenvalue weighted by molar-refractivity contribution is 0.834. The van der Waals surface area contributed by atoms with Crippen LogP contribution in [-0.2, 0) is 0 Å². The number of rotatable bonds is 7. The molecule has 0 fully saturated rings. The van der Waals surface area contributed by atoms with E-state index in [1.807, 2.05) is 29.1 Å². The zero-order chi connectivity index (χ0) is 15.8. The first-order chi connectivity index (χ1) is 10.7. The highest BCUT2D eigenvalue weighted by Gasteiger charge is 1.99. The van der Waals surface area contributed by atoms with Crippen molar-refractivity contribution in [3.63, 3.8) is 0 Å². The first kappa shape index (κ1) is 15.6. The van der Waals surface area contributed by atoms with E-state index in [2.05, 4.69) is 40.6 Å². The number of benzene rings is 1. The Morgan fingerprint density at radius 3 is 2.95 bits per heavy atom. The molecule has 0 spiro atoms. The number of hydrogen-bond donors (Lipinski definition) is 3. The summed E-state index contributed by atoms with van der Waals surface area (Å²) < 4.78 is 2.03. The maximum Gasteiger partial charge on any atom is 0.211 e. The third kappa shape index (κ3) is 4.66. The number of nitrogens with one attached hydrogen (secondary N) is 1. The van der Waals surface area contributed by atoms with Crippen LogP contribution in [0.1, 0.15) is 25.3 Å². The lowest BCUT2D eigenvalue weighted by atomic mass is 10.2. The van der Waals surface area contributed by atoms with Crippen LogP contribution in [0.4, 0.5) is 5.69 Å². The molecule has 2 rings (SSSR count). The standard InChI is InChI=1S/C16H22N6/c1-2-3-8-19-14-5-4-6-15(10-14)22-9-7-13(12-22)11-20-21-16(17)18/h4-7,9-12,19H,2-3,8H2,1H3,(H4,17,18,21). The number of nitrogens with two attached hydrogens (primary N) is 2. The van der Waals surface area contributed by atoms with Gasteiger partial charge in [0, 0.05) is 35.9 Å². The van der Waals surface area contributed by atoms with Gasteiger partial charge in [-0.3, -0.25) is 0 Å². The Hall–Kier alpha value is -2.76. The van der Waals surface area contributed by atoms with Gasteiger partial charge in [0.05, 0.1) is 6.21 Å². The largest absolute Gasteiger partial charge is 0.385 e. The Labute approximate surface area is 130 Å². The van der Waals surface area contributed by atoms with Crippen molar-refractivity contribution < 1.29 is 0 Å². The topological polar surface area (TPSA) is 93.7 Å². The monoisotopic (exact) mass is 298 g/mol. The summed E-state index contributed by atoms with van der Waals surface area (Å²) in [6.45, 7) is 3.17. The summed E-state index contributed by atoms with van der Waals surface area (Å²) in [7, 11) is 0. The second-order valence-corrected chi connectivity index (χ2v) is 4.95. The molecule has 0 amide bonds. The molecule has 1 aromatic carbocycles. The molecule has 0 saturated carbocycles. The molecule has 1 aromatic heterocycles. The Kier molecular flexibility index (Phi) is 5.59. The van der Waals surface area contributed by atoms with Crippen LogP contribution in [0.15, 0.2) is 52.9 Å². The van der Waals surface area contributed by atoms with Gasteiger partial charge in [0.2, 0.25) is 5.96 Å². The molecule has 1 heterocycles. The molecule has 0 aliphatic rings. The molecule has 22 heavy (non-hydrogen) atoms. The van der Waals surface area contributed by atoms with Crippen molar-refractivity contribution in [3.05, 3.63) is 48.3 Å². The summed E-state index contributed by atoms with van der Waals surface area (Å²) >= 11 is 0. The average molecular weight is 298 g/mol.